The van der Waals surface area contributed by atoms with Gasteiger partial charge in [0.2, 0.25) is 0 Å². The molecule has 3 rings (SSSR count). The fraction of sp³-hybridized carbons (Fsp3) is 0.308. The van der Waals surface area contributed by atoms with Gasteiger partial charge in [-0.3, -0.25) is 4.57 Å². The van der Waals surface area contributed by atoms with Gasteiger partial charge in [-0.15, -0.1) is 19.0 Å². The van der Waals surface area contributed by atoms with Crippen LogP contribution in [0.25, 0.3) is 11.0 Å². The summed E-state index contributed by atoms with van der Waals surface area (Å²) in [6.45, 7) is 5.20. The first-order chi connectivity index (χ1) is 8.29. The fourth-order valence-electron chi connectivity index (χ4n) is 2.57. The lowest BCUT2D eigenvalue weighted by Gasteiger charge is -2.24. The van der Waals surface area contributed by atoms with Gasteiger partial charge in [0.05, 0.1) is 11.0 Å². The lowest BCUT2D eigenvalue weighted by atomic mass is 10.0. The average molecular weight is 266 g/mol. The SMILES string of the molecule is C=CCNC1Cc2cccc3[nH]c(=O)n(c23)C1.Cl. The van der Waals surface area contributed by atoms with Crippen LogP contribution in [-0.4, -0.2) is 22.1 Å². The molecule has 0 radical (unpaired) electrons. The first-order valence-corrected chi connectivity index (χ1v) is 5.84. The van der Waals surface area contributed by atoms with E-state index in [0.29, 0.717) is 6.04 Å². The second-order valence-electron chi connectivity index (χ2n) is 4.45. The van der Waals surface area contributed by atoms with Gasteiger partial charge in [-0.25, -0.2) is 4.79 Å². The predicted molar refractivity (Wildman–Crippen MR) is 75.5 cm³/mol. The number of aromatic nitrogens is 2. The van der Waals surface area contributed by atoms with Crippen molar-refractivity contribution in [1.29, 1.82) is 0 Å². The monoisotopic (exact) mass is 265 g/mol. The molecule has 0 fully saturated rings. The van der Waals surface area contributed by atoms with Crippen LogP contribution in [0.5, 0.6) is 0 Å². The van der Waals surface area contributed by atoms with Crippen LogP contribution in [0.2, 0.25) is 0 Å². The van der Waals surface area contributed by atoms with Crippen molar-refractivity contribution in [1.82, 2.24) is 14.9 Å². The molecule has 5 heteroatoms. The van der Waals surface area contributed by atoms with E-state index in [2.05, 4.69) is 22.9 Å². The largest absolute Gasteiger partial charge is 0.326 e. The maximum absolute atomic E-state index is 11.8. The van der Waals surface area contributed by atoms with Gasteiger partial charge in [-0.1, -0.05) is 18.2 Å². The van der Waals surface area contributed by atoms with Gasteiger partial charge < -0.3 is 10.3 Å². The minimum Gasteiger partial charge on any atom is -0.308 e. The van der Waals surface area contributed by atoms with Crippen molar-refractivity contribution in [3.63, 3.8) is 0 Å². The summed E-state index contributed by atoms with van der Waals surface area (Å²) < 4.78 is 1.83. The maximum atomic E-state index is 11.8. The number of aromatic amines is 1. The van der Waals surface area contributed by atoms with Crippen molar-refractivity contribution in [2.45, 2.75) is 19.0 Å². The predicted octanol–water partition coefficient (Wildman–Crippen LogP) is 1.45. The van der Waals surface area contributed by atoms with Gasteiger partial charge in [0.25, 0.3) is 0 Å². The molecular weight excluding hydrogens is 250 g/mol. The number of nitrogens with zero attached hydrogens (tertiary/aromatic N) is 1. The van der Waals surface area contributed by atoms with Crippen LogP contribution in [-0.2, 0) is 13.0 Å². The molecule has 0 spiro atoms. The molecule has 2 heterocycles. The molecule has 4 nitrogen and oxygen atoms in total. The van der Waals surface area contributed by atoms with Gasteiger partial charge >= 0.3 is 5.69 Å². The van der Waals surface area contributed by atoms with Crippen molar-refractivity contribution in [2.24, 2.45) is 0 Å². The van der Waals surface area contributed by atoms with Crippen molar-refractivity contribution in [2.75, 3.05) is 6.54 Å². The second kappa shape index (κ2) is 5.00. The lowest BCUT2D eigenvalue weighted by Crippen LogP contribution is -2.40. The van der Waals surface area contributed by atoms with E-state index < -0.39 is 0 Å². The summed E-state index contributed by atoms with van der Waals surface area (Å²) in [7, 11) is 0. The number of rotatable bonds is 3. The third kappa shape index (κ3) is 1.98. The van der Waals surface area contributed by atoms with E-state index in [0.717, 1.165) is 30.5 Å². The van der Waals surface area contributed by atoms with Crippen LogP contribution in [0.3, 0.4) is 0 Å². The molecule has 1 atom stereocenters. The Balaban J connectivity index is 0.00000120. The van der Waals surface area contributed by atoms with E-state index in [1.807, 2.05) is 22.8 Å². The molecule has 1 aromatic carbocycles. The molecule has 1 aliphatic rings. The zero-order valence-corrected chi connectivity index (χ0v) is 10.8. The van der Waals surface area contributed by atoms with Gasteiger partial charge in [0, 0.05) is 19.1 Å². The number of benzene rings is 1. The second-order valence-corrected chi connectivity index (χ2v) is 4.45. The fourth-order valence-corrected chi connectivity index (χ4v) is 2.57. The highest BCUT2D eigenvalue weighted by atomic mass is 35.5. The molecule has 96 valence electrons. The van der Waals surface area contributed by atoms with Crippen LogP contribution in [0, 0.1) is 0 Å². The zero-order valence-electron chi connectivity index (χ0n) is 9.98. The number of hydrogen-bond donors (Lipinski definition) is 2. The smallest absolute Gasteiger partial charge is 0.308 e. The van der Waals surface area contributed by atoms with Crippen molar-refractivity contribution in [3.8, 4) is 0 Å². The summed E-state index contributed by atoms with van der Waals surface area (Å²) in [5, 5.41) is 3.38. The molecule has 0 bridgehead atoms. The molecule has 0 aliphatic carbocycles. The van der Waals surface area contributed by atoms with E-state index in [1.54, 1.807) is 0 Å². The zero-order chi connectivity index (χ0) is 11.8. The first kappa shape index (κ1) is 12.9. The minimum atomic E-state index is -0.0162. The number of halogens is 1. The Morgan fingerprint density at radius 3 is 3.17 bits per heavy atom. The lowest BCUT2D eigenvalue weighted by molar-refractivity contribution is 0.449. The maximum Gasteiger partial charge on any atom is 0.326 e. The normalized spacial score (nSPS) is 17.4. The Labute approximate surface area is 111 Å². The van der Waals surface area contributed by atoms with Crippen LogP contribution < -0.4 is 11.0 Å². The van der Waals surface area contributed by atoms with Crippen molar-refractivity contribution in [3.05, 3.63) is 46.9 Å². The number of hydrogen-bond acceptors (Lipinski definition) is 2. The van der Waals surface area contributed by atoms with Gasteiger partial charge in [0.15, 0.2) is 0 Å². The highest BCUT2D eigenvalue weighted by Gasteiger charge is 2.21. The number of nitrogens with one attached hydrogen (secondary N) is 2. The molecule has 0 amide bonds. The summed E-state index contributed by atoms with van der Waals surface area (Å²) in [5.74, 6) is 0. The number of para-hydroxylation sites is 1. The van der Waals surface area contributed by atoms with Crippen LogP contribution in [0.1, 0.15) is 5.56 Å². The number of imidazole rings is 1. The Kier molecular flexibility index (Phi) is 3.59. The van der Waals surface area contributed by atoms with E-state index in [9.17, 15) is 4.79 Å². The van der Waals surface area contributed by atoms with Crippen molar-refractivity contribution >= 4 is 23.4 Å². The van der Waals surface area contributed by atoms with Gasteiger partial charge in [-0.05, 0) is 18.1 Å². The summed E-state index contributed by atoms with van der Waals surface area (Å²) in [6, 6.07) is 6.34. The molecule has 2 N–H and O–H groups in total. The summed E-state index contributed by atoms with van der Waals surface area (Å²) in [6.07, 6.45) is 2.80. The Hall–Kier alpha value is -1.52. The van der Waals surface area contributed by atoms with Crippen LogP contribution in [0.15, 0.2) is 35.6 Å². The number of H-pyrrole nitrogens is 1. The summed E-state index contributed by atoms with van der Waals surface area (Å²) >= 11 is 0. The van der Waals surface area contributed by atoms with Crippen LogP contribution >= 0.6 is 12.4 Å². The third-order valence-electron chi connectivity index (χ3n) is 3.30. The van der Waals surface area contributed by atoms with Crippen molar-refractivity contribution < 1.29 is 0 Å². The van der Waals surface area contributed by atoms with E-state index in [-0.39, 0.29) is 18.1 Å². The molecule has 1 unspecified atom stereocenters. The van der Waals surface area contributed by atoms with E-state index >= 15 is 0 Å². The average Bonchev–Trinajstić information content (AvgIpc) is 2.66. The standard InChI is InChI=1S/C13H15N3O.ClH/c1-2-6-14-10-7-9-4-3-5-11-12(9)16(8-10)13(17)15-11;/h2-5,10,14H,1,6-8H2,(H,15,17);1H. The summed E-state index contributed by atoms with van der Waals surface area (Å²) in [5.41, 5.74) is 3.22. The summed E-state index contributed by atoms with van der Waals surface area (Å²) in [4.78, 5) is 14.7. The molecule has 0 saturated heterocycles. The molecule has 1 aromatic heterocycles. The highest BCUT2D eigenvalue weighted by Crippen LogP contribution is 2.22. The van der Waals surface area contributed by atoms with E-state index in [4.69, 9.17) is 0 Å². The topological polar surface area (TPSA) is 49.8 Å². The molecule has 0 saturated carbocycles. The van der Waals surface area contributed by atoms with Gasteiger partial charge in [-0.2, -0.15) is 0 Å². The molecular formula is C13H16ClN3O. The Bertz CT molecular complexity index is 629. The Morgan fingerprint density at radius 2 is 2.39 bits per heavy atom. The molecule has 18 heavy (non-hydrogen) atoms. The Morgan fingerprint density at radius 1 is 1.56 bits per heavy atom. The third-order valence-corrected chi connectivity index (χ3v) is 3.30. The van der Waals surface area contributed by atoms with Crippen LogP contribution in [0.4, 0.5) is 0 Å². The van der Waals surface area contributed by atoms with E-state index in [1.165, 1.54) is 5.56 Å². The van der Waals surface area contributed by atoms with Gasteiger partial charge in [0.1, 0.15) is 0 Å². The highest BCUT2D eigenvalue weighted by molar-refractivity contribution is 5.85. The first-order valence-electron chi connectivity index (χ1n) is 5.84. The quantitative estimate of drug-likeness (QED) is 0.826. The molecule has 2 aromatic rings. The molecule has 1 aliphatic heterocycles. The minimum absolute atomic E-state index is 0.